The summed E-state index contributed by atoms with van der Waals surface area (Å²) in [5.41, 5.74) is -0.272. The van der Waals surface area contributed by atoms with E-state index in [0.29, 0.717) is 0 Å². The first-order valence-electron chi connectivity index (χ1n) is 5.28. The van der Waals surface area contributed by atoms with Crippen LogP contribution < -0.4 is 4.74 Å². The largest absolute Gasteiger partial charge is 0.434 e. The summed E-state index contributed by atoms with van der Waals surface area (Å²) in [7, 11) is 0. The maximum absolute atomic E-state index is 13.1. The highest BCUT2D eigenvalue weighted by Crippen LogP contribution is 2.24. The average molecular weight is 267 g/mol. The van der Waals surface area contributed by atoms with Gasteiger partial charge in [-0.3, -0.25) is 9.78 Å². The number of benzene rings is 1. The van der Waals surface area contributed by atoms with Gasteiger partial charge in [-0.2, -0.15) is 8.78 Å². The highest BCUT2D eigenvalue weighted by Gasteiger charge is 2.18. The van der Waals surface area contributed by atoms with E-state index in [0.717, 1.165) is 18.2 Å². The molecule has 0 amide bonds. The van der Waals surface area contributed by atoms with Crippen LogP contribution in [-0.4, -0.2) is 17.4 Å². The number of nitrogens with zero attached hydrogens (tertiary/aromatic N) is 1. The summed E-state index contributed by atoms with van der Waals surface area (Å²) in [6.07, 6.45) is 1.38. The Balaban J connectivity index is 2.43. The number of aromatic nitrogens is 1. The zero-order chi connectivity index (χ0) is 13.8. The highest BCUT2D eigenvalue weighted by atomic mass is 19.3. The van der Waals surface area contributed by atoms with Gasteiger partial charge in [0.15, 0.2) is 0 Å². The van der Waals surface area contributed by atoms with Gasteiger partial charge in [0.05, 0.1) is 5.56 Å². The van der Waals surface area contributed by atoms with Gasteiger partial charge in [0.25, 0.3) is 0 Å². The molecule has 0 fully saturated rings. The third-order valence-electron chi connectivity index (χ3n) is 2.30. The molecule has 0 aliphatic rings. The Labute approximate surface area is 106 Å². The maximum Gasteiger partial charge on any atom is 0.387 e. The number of carbonyl (C=O) groups excluding carboxylic acids is 1. The van der Waals surface area contributed by atoms with Crippen LogP contribution in [0.5, 0.6) is 5.75 Å². The Bertz CT molecular complexity index is 588. The fraction of sp³-hybridized carbons (Fsp3) is 0.0769. The van der Waals surface area contributed by atoms with Crippen LogP contribution in [0.25, 0.3) is 0 Å². The molecule has 0 unspecified atom stereocenters. The summed E-state index contributed by atoms with van der Waals surface area (Å²) >= 11 is 0. The molecule has 0 N–H and O–H groups in total. The van der Waals surface area contributed by atoms with Crippen LogP contribution in [0.15, 0.2) is 42.6 Å². The van der Waals surface area contributed by atoms with E-state index < -0.39 is 18.2 Å². The fourth-order valence-corrected chi connectivity index (χ4v) is 1.51. The lowest BCUT2D eigenvalue weighted by Gasteiger charge is -2.09. The standard InChI is InChI=1S/C13H8F3NO2/c14-8-4-5-11(19-13(15)16)9(7-8)12(18)10-3-1-2-6-17-10/h1-7,13H. The molecule has 1 aromatic heterocycles. The number of hydrogen-bond donors (Lipinski definition) is 0. The van der Waals surface area contributed by atoms with Crippen molar-refractivity contribution < 1.29 is 22.7 Å². The van der Waals surface area contributed by atoms with E-state index in [1.165, 1.54) is 12.3 Å². The van der Waals surface area contributed by atoms with Crippen LogP contribution in [0, 0.1) is 5.82 Å². The van der Waals surface area contributed by atoms with Crippen molar-refractivity contribution in [2.75, 3.05) is 0 Å². The zero-order valence-electron chi connectivity index (χ0n) is 9.52. The SMILES string of the molecule is O=C(c1ccccn1)c1cc(F)ccc1OC(F)F. The monoisotopic (exact) mass is 267 g/mol. The van der Waals surface area contributed by atoms with E-state index in [4.69, 9.17) is 0 Å². The van der Waals surface area contributed by atoms with Gasteiger partial charge in [0.1, 0.15) is 17.3 Å². The fourth-order valence-electron chi connectivity index (χ4n) is 1.51. The third kappa shape index (κ3) is 3.09. The second-order valence-electron chi connectivity index (χ2n) is 3.56. The van der Waals surface area contributed by atoms with Crippen LogP contribution in [0.4, 0.5) is 13.2 Å². The van der Waals surface area contributed by atoms with Crippen LogP contribution in [-0.2, 0) is 0 Å². The molecule has 2 rings (SSSR count). The Kier molecular flexibility index (Phi) is 3.79. The lowest BCUT2D eigenvalue weighted by Crippen LogP contribution is -2.10. The van der Waals surface area contributed by atoms with Crippen LogP contribution in [0.1, 0.15) is 16.1 Å². The van der Waals surface area contributed by atoms with Gasteiger partial charge in [0, 0.05) is 6.20 Å². The van der Waals surface area contributed by atoms with E-state index in [1.807, 2.05) is 0 Å². The number of halogens is 3. The number of hydrogen-bond acceptors (Lipinski definition) is 3. The molecular formula is C13H8F3NO2. The molecule has 0 saturated carbocycles. The summed E-state index contributed by atoms with van der Waals surface area (Å²) in [6.45, 7) is -3.10. The smallest absolute Gasteiger partial charge is 0.387 e. The predicted octanol–water partition coefficient (Wildman–Crippen LogP) is 3.05. The first-order chi connectivity index (χ1) is 9.08. The molecule has 6 heteroatoms. The van der Waals surface area contributed by atoms with Crippen molar-refractivity contribution in [3.8, 4) is 5.75 Å². The van der Waals surface area contributed by atoms with Crippen molar-refractivity contribution in [3.05, 3.63) is 59.7 Å². The van der Waals surface area contributed by atoms with Gasteiger partial charge < -0.3 is 4.74 Å². The lowest BCUT2D eigenvalue weighted by molar-refractivity contribution is -0.0501. The van der Waals surface area contributed by atoms with Gasteiger partial charge in [-0.05, 0) is 30.3 Å². The van der Waals surface area contributed by atoms with Crippen molar-refractivity contribution in [3.63, 3.8) is 0 Å². The van der Waals surface area contributed by atoms with E-state index in [2.05, 4.69) is 9.72 Å². The van der Waals surface area contributed by atoms with Crippen LogP contribution >= 0.6 is 0 Å². The van der Waals surface area contributed by atoms with Gasteiger partial charge in [-0.15, -0.1) is 0 Å². The molecule has 1 heterocycles. The average Bonchev–Trinajstić information content (AvgIpc) is 2.40. The van der Waals surface area contributed by atoms with Gasteiger partial charge >= 0.3 is 6.61 Å². The predicted molar refractivity (Wildman–Crippen MR) is 60.7 cm³/mol. The van der Waals surface area contributed by atoms with E-state index in [-0.39, 0.29) is 17.0 Å². The lowest BCUT2D eigenvalue weighted by atomic mass is 10.1. The van der Waals surface area contributed by atoms with Crippen molar-refractivity contribution in [2.45, 2.75) is 6.61 Å². The van der Waals surface area contributed by atoms with E-state index >= 15 is 0 Å². The van der Waals surface area contributed by atoms with Gasteiger partial charge in [-0.1, -0.05) is 6.07 Å². The Hall–Kier alpha value is -2.37. The second-order valence-corrected chi connectivity index (χ2v) is 3.56. The molecule has 19 heavy (non-hydrogen) atoms. The van der Waals surface area contributed by atoms with Gasteiger partial charge in [0.2, 0.25) is 5.78 Å². The molecule has 0 aliphatic heterocycles. The quantitative estimate of drug-likeness (QED) is 0.799. The summed E-state index contributed by atoms with van der Waals surface area (Å²) < 4.78 is 41.8. The summed E-state index contributed by atoms with van der Waals surface area (Å²) in [6, 6.07) is 7.32. The molecule has 1 aromatic carbocycles. The molecule has 0 spiro atoms. The van der Waals surface area contributed by atoms with Crippen LogP contribution in [0.3, 0.4) is 0 Å². The molecule has 0 saturated heterocycles. The van der Waals surface area contributed by atoms with Crippen molar-refractivity contribution >= 4 is 5.78 Å². The molecule has 0 radical (unpaired) electrons. The minimum Gasteiger partial charge on any atom is -0.434 e. The number of rotatable bonds is 4. The van der Waals surface area contributed by atoms with Crippen molar-refractivity contribution in [2.24, 2.45) is 0 Å². The topological polar surface area (TPSA) is 39.2 Å². The second kappa shape index (κ2) is 5.51. The van der Waals surface area contributed by atoms with Crippen LogP contribution in [0.2, 0.25) is 0 Å². The van der Waals surface area contributed by atoms with Crippen molar-refractivity contribution in [1.29, 1.82) is 0 Å². The van der Waals surface area contributed by atoms with E-state index in [9.17, 15) is 18.0 Å². The Morgan fingerprint density at radius 2 is 2.00 bits per heavy atom. The number of ether oxygens (including phenoxy) is 1. The Morgan fingerprint density at radius 1 is 1.21 bits per heavy atom. The number of alkyl halides is 2. The maximum atomic E-state index is 13.1. The highest BCUT2D eigenvalue weighted by molar-refractivity contribution is 6.09. The summed E-state index contributed by atoms with van der Waals surface area (Å²) in [4.78, 5) is 15.8. The van der Waals surface area contributed by atoms with Crippen molar-refractivity contribution in [1.82, 2.24) is 4.98 Å². The molecule has 0 aliphatic carbocycles. The minimum atomic E-state index is -3.10. The number of pyridine rings is 1. The molecule has 0 bridgehead atoms. The molecule has 2 aromatic rings. The first-order valence-corrected chi connectivity index (χ1v) is 5.28. The molecule has 98 valence electrons. The first kappa shape index (κ1) is 13.1. The number of ketones is 1. The minimum absolute atomic E-state index is 0.0206. The third-order valence-corrected chi connectivity index (χ3v) is 2.30. The van der Waals surface area contributed by atoms with E-state index in [1.54, 1.807) is 12.1 Å². The normalized spacial score (nSPS) is 10.5. The van der Waals surface area contributed by atoms with Gasteiger partial charge in [-0.25, -0.2) is 4.39 Å². The molecular weight excluding hydrogens is 259 g/mol. The zero-order valence-corrected chi connectivity index (χ0v) is 9.52. The molecule has 0 atom stereocenters. The number of carbonyl (C=O) groups is 1. The molecule has 3 nitrogen and oxygen atoms in total. The Morgan fingerprint density at radius 3 is 2.63 bits per heavy atom. The summed E-state index contributed by atoms with van der Waals surface area (Å²) in [5.74, 6) is -1.79. The summed E-state index contributed by atoms with van der Waals surface area (Å²) in [5, 5.41) is 0.